The number of furan rings is 1. The number of aromatic hydroxyl groups is 1. The van der Waals surface area contributed by atoms with Gasteiger partial charge in [0.05, 0.1) is 11.8 Å². The number of nitrogens with one attached hydrogen (secondary N) is 3. The molecule has 0 saturated carbocycles. The Kier molecular flexibility index (Phi) is 9.45. The van der Waals surface area contributed by atoms with Crippen molar-refractivity contribution in [3.8, 4) is 5.75 Å². The van der Waals surface area contributed by atoms with Gasteiger partial charge in [-0.3, -0.25) is 4.79 Å². The largest absolute Gasteiger partial charge is 0.507 e. The van der Waals surface area contributed by atoms with E-state index in [1.54, 1.807) is 24.5 Å². The zero-order valence-electron chi connectivity index (χ0n) is 14.0. The highest BCUT2D eigenvalue weighted by atomic mass is 127. The lowest BCUT2D eigenvalue weighted by molar-refractivity contribution is 0.0951. The fourth-order valence-electron chi connectivity index (χ4n) is 2.02. The number of nitrogens with zero attached hydrogens (tertiary/aromatic N) is 1. The maximum absolute atomic E-state index is 12.0. The average Bonchev–Trinajstić information content (AvgIpc) is 3.10. The third kappa shape index (κ3) is 7.04. The number of amides is 1. The van der Waals surface area contributed by atoms with Crippen molar-refractivity contribution in [2.75, 3.05) is 19.6 Å². The predicted octanol–water partition coefficient (Wildman–Crippen LogP) is 2.09. The van der Waals surface area contributed by atoms with E-state index in [4.69, 9.17) is 4.42 Å². The number of para-hydroxylation sites is 1. The Balaban J connectivity index is 0.00000312. The number of aliphatic imine (C=N–C) groups is 1. The van der Waals surface area contributed by atoms with Gasteiger partial charge < -0.3 is 25.5 Å². The molecule has 0 atom stereocenters. The minimum Gasteiger partial charge on any atom is -0.507 e. The van der Waals surface area contributed by atoms with Crippen molar-refractivity contribution in [2.24, 2.45) is 4.99 Å². The molecule has 1 aromatic carbocycles. The van der Waals surface area contributed by atoms with Crippen LogP contribution in [0.3, 0.4) is 0 Å². The Bertz CT molecular complexity index is 674. The molecule has 2 rings (SSSR count). The molecule has 1 amide bonds. The second-order valence-corrected chi connectivity index (χ2v) is 4.97. The molecule has 0 aliphatic rings. The minimum atomic E-state index is -0.313. The van der Waals surface area contributed by atoms with Gasteiger partial charge in [-0.25, -0.2) is 4.99 Å². The highest BCUT2D eigenvalue weighted by molar-refractivity contribution is 14.0. The number of phenolic OH excluding ortho intramolecular Hbond substituents is 1. The molecule has 136 valence electrons. The highest BCUT2D eigenvalue weighted by Gasteiger charge is 2.09. The van der Waals surface area contributed by atoms with Crippen molar-refractivity contribution in [1.29, 1.82) is 0 Å². The molecule has 0 radical (unpaired) electrons. The molecule has 1 aromatic heterocycles. The van der Waals surface area contributed by atoms with E-state index in [2.05, 4.69) is 20.9 Å². The molecule has 4 N–H and O–H groups in total. The molecule has 0 bridgehead atoms. The van der Waals surface area contributed by atoms with Gasteiger partial charge in [0.1, 0.15) is 18.1 Å². The smallest absolute Gasteiger partial charge is 0.255 e. The number of hydrogen-bond donors (Lipinski definition) is 4. The monoisotopic (exact) mass is 458 g/mol. The Morgan fingerprint density at radius 3 is 2.56 bits per heavy atom. The number of phenols is 1. The molecule has 1 heterocycles. The molecule has 7 nitrogen and oxygen atoms in total. The SMILES string of the molecule is CCNC(=NCc1ccco1)NCCNC(=O)c1ccccc1O.I. The van der Waals surface area contributed by atoms with Crippen LogP contribution in [0.2, 0.25) is 0 Å². The van der Waals surface area contributed by atoms with E-state index in [-0.39, 0.29) is 41.2 Å². The summed E-state index contributed by atoms with van der Waals surface area (Å²) in [5.41, 5.74) is 0.260. The lowest BCUT2D eigenvalue weighted by Gasteiger charge is -2.12. The van der Waals surface area contributed by atoms with Crippen LogP contribution in [0.1, 0.15) is 23.0 Å². The molecule has 2 aromatic rings. The lowest BCUT2D eigenvalue weighted by atomic mass is 10.2. The number of carbonyl (C=O) groups excluding carboxylic acids is 1. The summed E-state index contributed by atoms with van der Waals surface area (Å²) in [7, 11) is 0. The van der Waals surface area contributed by atoms with Crippen LogP contribution in [0.5, 0.6) is 5.75 Å². The van der Waals surface area contributed by atoms with Crippen LogP contribution in [-0.2, 0) is 6.54 Å². The van der Waals surface area contributed by atoms with E-state index >= 15 is 0 Å². The molecular weight excluding hydrogens is 435 g/mol. The van der Waals surface area contributed by atoms with Gasteiger partial charge in [0.15, 0.2) is 5.96 Å². The first kappa shape index (κ1) is 20.8. The van der Waals surface area contributed by atoms with E-state index < -0.39 is 0 Å². The quantitative estimate of drug-likeness (QED) is 0.221. The van der Waals surface area contributed by atoms with Crippen LogP contribution in [0.4, 0.5) is 0 Å². The zero-order chi connectivity index (χ0) is 17.2. The summed E-state index contributed by atoms with van der Waals surface area (Å²) in [4.78, 5) is 16.4. The first-order valence-corrected chi connectivity index (χ1v) is 7.81. The number of rotatable bonds is 7. The normalized spacial score (nSPS) is 10.7. The molecular formula is C17H23IN4O3. The number of halogens is 1. The fraction of sp³-hybridized carbons (Fsp3) is 0.294. The van der Waals surface area contributed by atoms with E-state index in [1.165, 1.54) is 6.07 Å². The lowest BCUT2D eigenvalue weighted by Crippen LogP contribution is -2.41. The van der Waals surface area contributed by atoms with E-state index in [0.29, 0.717) is 25.6 Å². The maximum atomic E-state index is 12.0. The third-order valence-electron chi connectivity index (χ3n) is 3.17. The van der Waals surface area contributed by atoms with Crippen molar-refractivity contribution in [1.82, 2.24) is 16.0 Å². The standard InChI is InChI=1S/C17H22N4O3.HI/c1-2-18-17(21-12-13-6-5-11-24-13)20-10-9-19-16(23)14-7-3-4-8-15(14)22;/h3-8,11,22H,2,9-10,12H2,1H3,(H,19,23)(H2,18,20,21);1H. The van der Waals surface area contributed by atoms with Crippen LogP contribution < -0.4 is 16.0 Å². The van der Waals surface area contributed by atoms with Gasteiger partial charge in [-0.2, -0.15) is 0 Å². The number of guanidine groups is 1. The number of benzene rings is 1. The van der Waals surface area contributed by atoms with Crippen molar-refractivity contribution in [3.63, 3.8) is 0 Å². The molecule has 0 saturated heterocycles. The Morgan fingerprint density at radius 2 is 1.88 bits per heavy atom. The second-order valence-electron chi connectivity index (χ2n) is 4.97. The van der Waals surface area contributed by atoms with Gasteiger partial charge >= 0.3 is 0 Å². The molecule has 0 unspecified atom stereocenters. The van der Waals surface area contributed by atoms with Crippen LogP contribution in [-0.4, -0.2) is 36.6 Å². The van der Waals surface area contributed by atoms with E-state index in [9.17, 15) is 9.90 Å². The van der Waals surface area contributed by atoms with Gasteiger partial charge in [0, 0.05) is 19.6 Å². The van der Waals surface area contributed by atoms with Crippen molar-refractivity contribution >= 4 is 35.8 Å². The summed E-state index contributed by atoms with van der Waals surface area (Å²) in [5.74, 6) is 1.08. The number of hydrogen-bond acceptors (Lipinski definition) is 4. The average molecular weight is 458 g/mol. The van der Waals surface area contributed by atoms with Gasteiger partial charge in [0.25, 0.3) is 5.91 Å². The van der Waals surface area contributed by atoms with E-state index in [1.807, 2.05) is 19.1 Å². The summed E-state index contributed by atoms with van der Waals surface area (Å²) < 4.78 is 5.24. The van der Waals surface area contributed by atoms with Gasteiger partial charge in [-0.05, 0) is 31.2 Å². The molecule has 0 aliphatic carbocycles. The summed E-state index contributed by atoms with van der Waals surface area (Å²) >= 11 is 0. The summed E-state index contributed by atoms with van der Waals surface area (Å²) in [6.45, 7) is 4.05. The summed E-state index contributed by atoms with van der Waals surface area (Å²) in [6.07, 6.45) is 1.61. The Morgan fingerprint density at radius 1 is 1.12 bits per heavy atom. The number of carbonyl (C=O) groups is 1. The second kappa shape index (κ2) is 11.3. The first-order valence-electron chi connectivity index (χ1n) is 7.81. The predicted molar refractivity (Wildman–Crippen MR) is 107 cm³/mol. The molecule has 25 heavy (non-hydrogen) atoms. The molecule has 8 heteroatoms. The van der Waals surface area contributed by atoms with Crippen LogP contribution >= 0.6 is 24.0 Å². The zero-order valence-corrected chi connectivity index (χ0v) is 16.3. The first-order chi connectivity index (χ1) is 11.7. The topological polar surface area (TPSA) is 98.9 Å². The van der Waals surface area contributed by atoms with Crippen LogP contribution in [0.15, 0.2) is 52.1 Å². The molecule has 0 spiro atoms. The highest BCUT2D eigenvalue weighted by Crippen LogP contribution is 2.14. The van der Waals surface area contributed by atoms with Crippen molar-refractivity contribution in [3.05, 3.63) is 54.0 Å². The van der Waals surface area contributed by atoms with E-state index in [0.717, 1.165) is 12.3 Å². The maximum Gasteiger partial charge on any atom is 0.255 e. The van der Waals surface area contributed by atoms with Gasteiger partial charge in [-0.15, -0.1) is 24.0 Å². The van der Waals surface area contributed by atoms with Gasteiger partial charge in [0.2, 0.25) is 0 Å². The molecule has 0 fully saturated rings. The Hall–Kier alpha value is -2.23. The van der Waals surface area contributed by atoms with Crippen LogP contribution in [0.25, 0.3) is 0 Å². The Labute approximate surface area is 163 Å². The fourth-order valence-corrected chi connectivity index (χ4v) is 2.02. The van der Waals surface area contributed by atoms with Crippen molar-refractivity contribution in [2.45, 2.75) is 13.5 Å². The summed E-state index contributed by atoms with van der Waals surface area (Å²) in [6, 6.07) is 10.1. The minimum absolute atomic E-state index is 0. The molecule has 0 aliphatic heterocycles. The summed E-state index contributed by atoms with van der Waals surface area (Å²) in [5, 5.41) is 18.6. The third-order valence-corrected chi connectivity index (χ3v) is 3.17. The van der Waals surface area contributed by atoms with Crippen LogP contribution in [0, 0.1) is 0 Å². The van der Waals surface area contributed by atoms with Crippen molar-refractivity contribution < 1.29 is 14.3 Å². The van der Waals surface area contributed by atoms with Gasteiger partial charge in [-0.1, -0.05) is 12.1 Å².